The van der Waals surface area contributed by atoms with Crippen molar-refractivity contribution < 1.29 is 13.2 Å². The van der Waals surface area contributed by atoms with E-state index in [0.29, 0.717) is 13.0 Å². The van der Waals surface area contributed by atoms with Crippen molar-refractivity contribution in [2.24, 2.45) is 0 Å². The van der Waals surface area contributed by atoms with Crippen molar-refractivity contribution in [2.45, 2.75) is 25.4 Å². The fraction of sp³-hybridized carbons (Fsp3) is 0.417. The molecule has 3 nitrogen and oxygen atoms in total. The van der Waals surface area contributed by atoms with Crippen LogP contribution in [0.2, 0.25) is 0 Å². The number of aromatic nitrogens is 2. The molecule has 0 unspecified atom stereocenters. The monoisotopic (exact) mass is 257 g/mol. The molecule has 98 valence electrons. The van der Waals surface area contributed by atoms with Crippen LogP contribution in [-0.2, 0) is 0 Å². The van der Waals surface area contributed by atoms with Gasteiger partial charge in [0, 0.05) is 25.4 Å². The predicted octanol–water partition coefficient (Wildman–Crippen LogP) is 3.48. The van der Waals surface area contributed by atoms with Crippen LogP contribution >= 0.6 is 0 Å². The summed E-state index contributed by atoms with van der Waals surface area (Å²) in [5, 5.41) is 3.12. The Kier molecular flexibility index (Phi) is 3.74. The van der Waals surface area contributed by atoms with Crippen molar-refractivity contribution in [3.05, 3.63) is 30.6 Å². The molecule has 0 atom stereocenters. The van der Waals surface area contributed by atoms with E-state index in [4.69, 9.17) is 0 Å². The molecule has 0 radical (unpaired) electrons. The van der Waals surface area contributed by atoms with Crippen LogP contribution in [0.5, 0.6) is 0 Å². The Balaban J connectivity index is 1.82. The first-order valence-corrected chi connectivity index (χ1v) is 5.79. The lowest BCUT2D eigenvalue weighted by molar-refractivity contribution is -0.135. The maximum atomic E-state index is 11.9. The molecule has 0 fully saturated rings. The molecular weight excluding hydrogens is 243 g/mol. The van der Waals surface area contributed by atoms with Gasteiger partial charge >= 0.3 is 6.18 Å². The Labute approximate surface area is 103 Å². The average Bonchev–Trinajstić information content (AvgIpc) is 2.75. The lowest BCUT2D eigenvalue weighted by Crippen LogP contribution is -2.09. The molecule has 0 saturated carbocycles. The van der Waals surface area contributed by atoms with Crippen molar-refractivity contribution in [3.8, 4) is 0 Å². The Morgan fingerprint density at radius 1 is 1.22 bits per heavy atom. The normalized spacial score (nSPS) is 11.9. The van der Waals surface area contributed by atoms with Crippen molar-refractivity contribution in [3.63, 3.8) is 0 Å². The van der Waals surface area contributed by atoms with E-state index in [9.17, 15) is 13.2 Å². The van der Waals surface area contributed by atoms with E-state index in [-0.39, 0.29) is 6.42 Å². The molecule has 0 aliphatic carbocycles. The van der Waals surface area contributed by atoms with Gasteiger partial charge in [-0.15, -0.1) is 0 Å². The van der Waals surface area contributed by atoms with Crippen LogP contribution in [0.1, 0.15) is 19.3 Å². The van der Waals surface area contributed by atoms with Crippen molar-refractivity contribution in [2.75, 3.05) is 11.9 Å². The predicted molar refractivity (Wildman–Crippen MR) is 63.6 cm³/mol. The molecule has 2 rings (SSSR count). The Morgan fingerprint density at radius 3 is 2.83 bits per heavy atom. The summed E-state index contributed by atoms with van der Waals surface area (Å²) in [6.07, 6.45) is -0.632. The number of hydrogen-bond acceptors (Lipinski definition) is 2. The summed E-state index contributed by atoms with van der Waals surface area (Å²) < 4.78 is 37.7. The third-order valence-corrected chi connectivity index (χ3v) is 2.62. The summed E-state index contributed by atoms with van der Waals surface area (Å²) >= 11 is 0. The summed E-state index contributed by atoms with van der Waals surface area (Å²) in [6, 6.07) is 5.60. The van der Waals surface area contributed by atoms with Crippen molar-refractivity contribution >= 4 is 11.5 Å². The summed E-state index contributed by atoms with van der Waals surface area (Å²) in [4.78, 5) is 4.13. The van der Waals surface area contributed by atoms with E-state index < -0.39 is 12.6 Å². The van der Waals surface area contributed by atoms with E-state index in [0.717, 1.165) is 11.5 Å². The minimum absolute atomic E-state index is 0.149. The minimum Gasteiger partial charge on any atom is -0.371 e. The maximum Gasteiger partial charge on any atom is 0.389 e. The number of fused-ring (bicyclic) bond motifs is 1. The molecule has 2 aromatic heterocycles. The molecule has 18 heavy (non-hydrogen) atoms. The van der Waals surface area contributed by atoms with E-state index in [2.05, 4.69) is 10.3 Å². The van der Waals surface area contributed by atoms with Crippen LogP contribution in [0.3, 0.4) is 0 Å². The first kappa shape index (κ1) is 12.7. The van der Waals surface area contributed by atoms with E-state index in [1.807, 2.05) is 28.8 Å². The third-order valence-electron chi connectivity index (χ3n) is 2.62. The van der Waals surface area contributed by atoms with Crippen LogP contribution in [0.25, 0.3) is 5.65 Å². The van der Waals surface area contributed by atoms with Crippen molar-refractivity contribution in [1.82, 2.24) is 9.38 Å². The average molecular weight is 257 g/mol. The van der Waals surface area contributed by atoms with Gasteiger partial charge in [-0.25, -0.2) is 4.98 Å². The molecule has 0 aliphatic heterocycles. The van der Waals surface area contributed by atoms with Gasteiger partial charge in [0.05, 0.1) is 0 Å². The molecule has 0 aliphatic rings. The van der Waals surface area contributed by atoms with Crippen LogP contribution in [-0.4, -0.2) is 22.1 Å². The molecule has 0 aromatic carbocycles. The number of imidazole rings is 1. The fourth-order valence-electron chi connectivity index (χ4n) is 1.76. The SMILES string of the molecule is FC(F)(F)CCCCNc1cccc2nccn12. The number of halogens is 3. The Bertz CT molecular complexity index is 504. The van der Waals surface area contributed by atoms with Crippen molar-refractivity contribution in [1.29, 1.82) is 0 Å². The highest BCUT2D eigenvalue weighted by Crippen LogP contribution is 2.22. The van der Waals surface area contributed by atoms with Gasteiger partial charge in [0.25, 0.3) is 0 Å². The van der Waals surface area contributed by atoms with E-state index in [1.165, 1.54) is 0 Å². The topological polar surface area (TPSA) is 29.3 Å². The van der Waals surface area contributed by atoms with Gasteiger partial charge in [0.1, 0.15) is 11.5 Å². The molecule has 0 saturated heterocycles. The second-order valence-corrected chi connectivity index (χ2v) is 4.07. The highest BCUT2D eigenvalue weighted by atomic mass is 19.4. The summed E-state index contributed by atoms with van der Waals surface area (Å²) in [5.41, 5.74) is 0.815. The van der Waals surface area contributed by atoms with Gasteiger partial charge in [0.2, 0.25) is 0 Å². The van der Waals surface area contributed by atoms with Crippen LogP contribution in [0.4, 0.5) is 19.0 Å². The number of anilines is 1. The Morgan fingerprint density at radius 2 is 2.06 bits per heavy atom. The highest BCUT2D eigenvalue weighted by molar-refractivity contribution is 5.49. The quantitative estimate of drug-likeness (QED) is 0.831. The first-order chi connectivity index (χ1) is 8.56. The smallest absolute Gasteiger partial charge is 0.371 e. The molecule has 0 amide bonds. The number of hydrogen-bond donors (Lipinski definition) is 1. The highest BCUT2D eigenvalue weighted by Gasteiger charge is 2.25. The number of unbranched alkanes of at least 4 members (excludes halogenated alkanes) is 1. The van der Waals surface area contributed by atoms with Crippen LogP contribution < -0.4 is 5.32 Å². The molecule has 1 N–H and O–H groups in total. The summed E-state index contributed by atoms with van der Waals surface area (Å²) in [7, 11) is 0. The number of rotatable bonds is 5. The molecule has 6 heteroatoms. The molecule has 0 spiro atoms. The Hall–Kier alpha value is -1.72. The summed E-state index contributed by atoms with van der Waals surface area (Å²) in [5.74, 6) is 0.844. The standard InChI is InChI=1S/C12H14F3N3/c13-12(14,15)6-1-2-7-16-10-4-3-5-11-17-8-9-18(10)11/h3-5,8-9,16H,1-2,6-7H2. The van der Waals surface area contributed by atoms with Gasteiger partial charge in [-0.2, -0.15) is 13.2 Å². The van der Waals surface area contributed by atoms with Crippen LogP contribution in [0.15, 0.2) is 30.6 Å². The molecule has 2 heterocycles. The molecular formula is C12H14F3N3. The number of nitrogens with one attached hydrogen (secondary N) is 1. The van der Waals surface area contributed by atoms with Gasteiger partial charge in [-0.05, 0) is 25.0 Å². The second kappa shape index (κ2) is 5.29. The lowest BCUT2D eigenvalue weighted by Gasteiger charge is -2.09. The zero-order valence-electron chi connectivity index (χ0n) is 9.74. The zero-order valence-corrected chi connectivity index (χ0v) is 9.74. The maximum absolute atomic E-state index is 11.9. The summed E-state index contributed by atoms with van der Waals surface area (Å²) in [6.45, 7) is 0.521. The number of nitrogens with zero attached hydrogens (tertiary/aromatic N) is 2. The van der Waals surface area contributed by atoms with Gasteiger partial charge in [-0.1, -0.05) is 6.07 Å². The van der Waals surface area contributed by atoms with Gasteiger partial charge < -0.3 is 5.32 Å². The van der Waals surface area contributed by atoms with E-state index in [1.54, 1.807) is 6.20 Å². The first-order valence-electron chi connectivity index (χ1n) is 5.79. The van der Waals surface area contributed by atoms with E-state index >= 15 is 0 Å². The molecule has 2 aromatic rings. The zero-order chi connectivity index (χ0) is 13.0. The number of pyridine rings is 1. The third kappa shape index (κ3) is 3.38. The largest absolute Gasteiger partial charge is 0.389 e. The lowest BCUT2D eigenvalue weighted by atomic mass is 10.2. The van der Waals surface area contributed by atoms with Crippen LogP contribution in [0, 0.1) is 0 Å². The second-order valence-electron chi connectivity index (χ2n) is 4.07. The molecule has 0 bridgehead atoms. The van der Waals surface area contributed by atoms with Gasteiger partial charge in [-0.3, -0.25) is 4.40 Å². The minimum atomic E-state index is -4.05. The van der Waals surface area contributed by atoms with Gasteiger partial charge in [0.15, 0.2) is 0 Å². The fourth-order valence-corrected chi connectivity index (χ4v) is 1.76. The number of alkyl halides is 3.